The van der Waals surface area contributed by atoms with Gasteiger partial charge in [0.15, 0.2) is 0 Å². The Labute approximate surface area is 346 Å². The predicted octanol–water partition coefficient (Wildman–Crippen LogP) is 13.7. The Balaban J connectivity index is 0.000000608. The molecule has 290 valence electrons. The molecule has 7 aromatic carbocycles. The van der Waals surface area contributed by atoms with E-state index in [9.17, 15) is 0 Å². The molecule has 0 spiro atoms. The summed E-state index contributed by atoms with van der Waals surface area (Å²) >= 11 is 0. The van der Waals surface area contributed by atoms with Gasteiger partial charge in [0.1, 0.15) is 0 Å². The first-order chi connectivity index (χ1) is 27.7. The van der Waals surface area contributed by atoms with E-state index in [4.69, 9.17) is 9.31 Å². The van der Waals surface area contributed by atoms with Crippen molar-refractivity contribution in [1.82, 2.24) is 0 Å². The Morgan fingerprint density at radius 3 is 1.55 bits per heavy atom. The van der Waals surface area contributed by atoms with Crippen LogP contribution in [0.1, 0.15) is 69.4 Å². The lowest BCUT2D eigenvalue weighted by molar-refractivity contribution is 0.00578. The van der Waals surface area contributed by atoms with Crippen LogP contribution in [-0.4, -0.2) is 18.3 Å². The van der Waals surface area contributed by atoms with Crippen molar-refractivity contribution in [1.29, 1.82) is 0 Å². The molecule has 1 fully saturated rings. The van der Waals surface area contributed by atoms with Crippen molar-refractivity contribution < 1.29 is 9.31 Å². The Morgan fingerprint density at radius 2 is 0.931 bits per heavy atom. The lowest BCUT2D eigenvalue weighted by Gasteiger charge is -2.32. The predicted molar refractivity (Wildman–Crippen MR) is 246 cm³/mol. The highest BCUT2D eigenvalue weighted by Gasteiger charge is 2.51. The van der Waals surface area contributed by atoms with E-state index in [2.05, 4.69) is 213 Å². The van der Waals surface area contributed by atoms with Gasteiger partial charge in [0.2, 0.25) is 0 Å². The lowest BCUT2D eigenvalue weighted by atomic mass is 9.79. The SMILES string of the molecule is Cc1ccccc1.Cc1ccccc1-c1cc(-c2ccc(N(c3ccc(B4OC(C)(C)C(C)(C)O4)cc3)c3ccc4c(c3)C(C)(C)c3ccccc3-4)cc2)ccc1C. The van der Waals surface area contributed by atoms with Gasteiger partial charge in [-0.05, 0) is 152 Å². The van der Waals surface area contributed by atoms with E-state index < -0.39 is 18.3 Å². The van der Waals surface area contributed by atoms with Gasteiger partial charge >= 0.3 is 7.12 Å². The van der Waals surface area contributed by atoms with E-state index in [0.29, 0.717) is 0 Å². The number of hydrogen-bond donors (Lipinski definition) is 0. The smallest absolute Gasteiger partial charge is 0.399 e. The van der Waals surface area contributed by atoms with Gasteiger partial charge in [0.05, 0.1) is 11.2 Å². The summed E-state index contributed by atoms with van der Waals surface area (Å²) in [6.07, 6.45) is 0. The molecular weight excluding hydrogens is 705 g/mol. The van der Waals surface area contributed by atoms with Gasteiger partial charge in [-0.15, -0.1) is 0 Å². The maximum absolute atomic E-state index is 6.39. The number of nitrogens with zero attached hydrogens (tertiary/aromatic N) is 1. The van der Waals surface area contributed by atoms with Crippen LogP contribution in [0.25, 0.3) is 33.4 Å². The minimum Gasteiger partial charge on any atom is -0.399 e. The Hall–Kier alpha value is -5.68. The normalized spacial score (nSPS) is 15.6. The van der Waals surface area contributed by atoms with Crippen LogP contribution in [0.4, 0.5) is 17.1 Å². The number of anilines is 3. The van der Waals surface area contributed by atoms with Gasteiger partial charge < -0.3 is 14.2 Å². The minimum atomic E-state index is -0.407. The van der Waals surface area contributed by atoms with Crippen molar-refractivity contribution in [3.63, 3.8) is 0 Å². The van der Waals surface area contributed by atoms with Crippen LogP contribution in [-0.2, 0) is 14.7 Å². The average molecular weight is 760 g/mol. The molecule has 0 bridgehead atoms. The average Bonchev–Trinajstić information content (AvgIpc) is 3.59. The van der Waals surface area contributed by atoms with Gasteiger partial charge in [0, 0.05) is 22.5 Å². The van der Waals surface area contributed by atoms with Gasteiger partial charge in [-0.1, -0.05) is 141 Å². The van der Waals surface area contributed by atoms with Gasteiger partial charge in [-0.3, -0.25) is 0 Å². The van der Waals surface area contributed by atoms with Crippen molar-refractivity contribution >= 4 is 29.6 Å². The number of fused-ring (bicyclic) bond motifs is 3. The van der Waals surface area contributed by atoms with E-state index in [1.807, 2.05) is 18.2 Å². The van der Waals surface area contributed by atoms with Crippen LogP contribution in [0.15, 0.2) is 164 Å². The van der Waals surface area contributed by atoms with Crippen LogP contribution in [0.3, 0.4) is 0 Å². The summed E-state index contributed by atoms with van der Waals surface area (Å²) in [6.45, 7) is 19.5. The Kier molecular flexibility index (Phi) is 10.3. The second-order valence-electron chi connectivity index (χ2n) is 17.5. The maximum Gasteiger partial charge on any atom is 0.494 e. The van der Waals surface area contributed by atoms with Crippen molar-refractivity contribution in [3.05, 3.63) is 192 Å². The van der Waals surface area contributed by atoms with Crippen molar-refractivity contribution in [2.75, 3.05) is 4.90 Å². The summed E-state index contributed by atoms with van der Waals surface area (Å²) in [5.41, 5.74) is 17.7. The third-order valence-corrected chi connectivity index (χ3v) is 12.6. The van der Waals surface area contributed by atoms with E-state index in [1.54, 1.807) is 0 Å². The van der Waals surface area contributed by atoms with Crippen molar-refractivity contribution in [2.24, 2.45) is 0 Å². The summed E-state index contributed by atoms with van der Waals surface area (Å²) in [6, 6.07) is 59.2. The van der Waals surface area contributed by atoms with Gasteiger partial charge in [-0.2, -0.15) is 0 Å². The molecule has 0 radical (unpaired) electrons. The minimum absolute atomic E-state index is 0.0989. The van der Waals surface area contributed by atoms with Gasteiger partial charge in [-0.25, -0.2) is 0 Å². The molecule has 1 aliphatic carbocycles. The molecule has 0 aromatic heterocycles. The van der Waals surface area contributed by atoms with Crippen LogP contribution >= 0.6 is 0 Å². The third-order valence-electron chi connectivity index (χ3n) is 12.6. The number of rotatable bonds is 6. The van der Waals surface area contributed by atoms with Crippen LogP contribution in [0, 0.1) is 20.8 Å². The molecule has 3 nitrogen and oxygen atoms in total. The molecule has 0 unspecified atom stereocenters. The molecule has 1 saturated heterocycles. The molecule has 9 rings (SSSR count). The van der Waals surface area contributed by atoms with Crippen LogP contribution < -0.4 is 10.4 Å². The quantitative estimate of drug-likeness (QED) is 0.158. The van der Waals surface area contributed by atoms with Crippen molar-refractivity contribution in [3.8, 4) is 33.4 Å². The first-order valence-electron chi connectivity index (χ1n) is 20.5. The highest BCUT2D eigenvalue weighted by atomic mass is 16.7. The summed E-state index contributed by atoms with van der Waals surface area (Å²) < 4.78 is 12.8. The monoisotopic (exact) mass is 759 g/mol. The topological polar surface area (TPSA) is 21.7 Å². The molecule has 0 amide bonds. The standard InChI is InChI=1S/C47H46BNO2.C7H8/c1-31-13-9-10-14-39(31)42-29-34(18-17-32(42)2)33-19-23-36(24-20-33)49(37-25-21-35(22-26-37)48-50-46(5,6)47(7,8)51-48)38-27-28-41-40-15-11-12-16-43(40)45(3,4)44(41)30-38;1-7-5-3-2-4-6-7/h9-30H,1-8H3;2-6H,1H3. The zero-order chi connectivity index (χ0) is 40.8. The fraction of sp³-hybridized carbons (Fsp3) is 0.222. The number of aryl methyl sites for hydroxylation is 3. The van der Waals surface area contributed by atoms with E-state index >= 15 is 0 Å². The summed E-state index contributed by atoms with van der Waals surface area (Å²) in [5, 5.41) is 0. The largest absolute Gasteiger partial charge is 0.494 e. The maximum atomic E-state index is 6.39. The molecule has 1 aliphatic heterocycles. The fourth-order valence-corrected chi connectivity index (χ4v) is 8.34. The first kappa shape index (κ1) is 39.2. The molecule has 2 aliphatic rings. The first-order valence-corrected chi connectivity index (χ1v) is 20.5. The van der Waals surface area contributed by atoms with Crippen LogP contribution in [0.2, 0.25) is 0 Å². The fourth-order valence-electron chi connectivity index (χ4n) is 8.34. The molecule has 0 N–H and O–H groups in total. The van der Waals surface area contributed by atoms with E-state index in [-0.39, 0.29) is 5.41 Å². The highest BCUT2D eigenvalue weighted by Crippen LogP contribution is 2.50. The summed E-state index contributed by atoms with van der Waals surface area (Å²) in [7, 11) is -0.407. The number of hydrogen-bond acceptors (Lipinski definition) is 3. The zero-order valence-corrected chi connectivity index (χ0v) is 35.4. The summed E-state index contributed by atoms with van der Waals surface area (Å²) in [4.78, 5) is 2.37. The Morgan fingerprint density at radius 1 is 0.414 bits per heavy atom. The lowest BCUT2D eigenvalue weighted by Crippen LogP contribution is -2.41. The molecule has 4 heteroatoms. The van der Waals surface area contributed by atoms with E-state index in [1.165, 1.54) is 61.2 Å². The van der Waals surface area contributed by atoms with Crippen LogP contribution in [0.5, 0.6) is 0 Å². The second kappa shape index (κ2) is 15.2. The third kappa shape index (κ3) is 7.32. The van der Waals surface area contributed by atoms with E-state index in [0.717, 1.165) is 22.5 Å². The zero-order valence-electron chi connectivity index (χ0n) is 35.4. The van der Waals surface area contributed by atoms with Crippen molar-refractivity contribution in [2.45, 2.75) is 78.9 Å². The summed E-state index contributed by atoms with van der Waals surface area (Å²) in [5.74, 6) is 0. The second-order valence-corrected chi connectivity index (χ2v) is 17.5. The number of benzene rings is 7. The molecule has 0 atom stereocenters. The Bertz CT molecular complexity index is 2560. The highest BCUT2D eigenvalue weighted by molar-refractivity contribution is 6.62. The molecule has 1 heterocycles. The molecule has 7 aromatic rings. The molecular formula is C54H54BNO2. The molecule has 0 saturated carbocycles. The molecule has 58 heavy (non-hydrogen) atoms. The van der Waals surface area contributed by atoms with Gasteiger partial charge in [0.25, 0.3) is 0 Å².